The van der Waals surface area contributed by atoms with Crippen LogP contribution in [0.1, 0.15) is 34.5 Å². The Morgan fingerprint density at radius 2 is 1.93 bits per heavy atom. The van der Waals surface area contributed by atoms with E-state index in [1.165, 1.54) is 11.8 Å². The van der Waals surface area contributed by atoms with Crippen molar-refractivity contribution in [1.29, 1.82) is 0 Å². The van der Waals surface area contributed by atoms with E-state index in [9.17, 15) is 9.18 Å². The number of hydrogen-bond acceptors (Lipinski definition) is 3. The fraction of sp³-hybridized carbons (Fsp3) is 0.292. The van der Waals surface area contributed by atoms with Gasteiger partial charge in [0.1, 0.15) is 11.6 Å². The lowest BCUT2D eigenvalue weighted by molar-refractivity contribution is 0.0676. The number of fused-ring (bicyclic) bond motifs is 4. The predicted molar refractivity (Wildman–Crippen MR) is 114 cm³/mol. The Bertz CT molecular complexity index is 1130. The number of methoxy groups -OCH3 is 1. The summed E-state index contributed by atoms with van der Waals surface area (Å²) in [6.45, 7) is 2.91. The highest BCUT2D eigenvalue weighted by molar-refractivity contribution is 5.94. The largest absolute Gasteiger partial charge is 0.497 e. The van der Waals surface area contributed by atoms with Crippen molar-refractivity contribution in [2.24, 2.45) is 0 Å². The van der Waals surface area contributed by atoms with Crippen molar-refractivity contribution in [2.75, 3.05) is 25.5 Å². The van der Waals surface area contributed by atoms with Crippen molar-refractivity contribution in [1.82, 2.24) is 9.47 Å². The summed E-state index contributed by atoms with van der Waals surface area (Å²) >= 11 is 0. The second-order valence-corrected chi connectivity index (χ2v) is 8.11. The first-order chi connectivity index (χ1) is 14.5. The number of aryl methyl sites for hydroxylation is 1. The van der Waals surface area contributed by atoms with Gasteiger partial charge in [-0.15, -0.1) is 0 Å². The highest BCUT2D eigenvalue weighted by Gasteiger charge is 2.42. The Hall–Kier alpha value is -3.28. The molecular formula is C24H24FN3O2. The van der Waals surface area contributed by atoms with Crippen LogP contribution in [0, 0.1) is 12.7 Å². The number of carbonyl (C=O) groups is 1. The van der Waals surface area contributed by atoms with Gasteiger partial charge in [-0.2, -0.15) is 0 Å². The van der Waals surface area contributed by atoms with Crippen LogP contribution in [0.2, 0.25) is 0 Å². The molecule has 1 fully saturated rings. The quantitative estimate of drug-likeness (QED) is 0.683. The van der Waals surface area contributed by atoms with Crippen LogP contribution in [-0.2, 0) is 5.54 Å². The third kappa shape index (κ3) is 2.86. The second-order valence-electron chi connectivity index (χ2n) is 8.11. The standard InChI is InChI=1S/C24H24FN3O2/c1-16-5-6-17(14-19(16)25)23(29)27-12-9-24(10-13-27)22-4-3-11-28(22)21-8-7-18(30-2)15-20(21)26-24/h3-8,11,14-15,26H,9-10,12-13H2,1-2H3. The Balaban J connectivity index is 1.41. The third-order valence-electron chi connectivity index (χ3n) is 6.40. The highest BCUT2D eigenvalue weighted by atomic mass is 19.1. The van der Waals surface area contributed by atoms with Crippen molar-refractivity contribution in [2.45, 2.75) is 25.3 Å². The van der Waals surface area contributed by atoms with Gasteiger partial charge in [-0.3, -0.25) is 4.79 Å². The Morgan fingerprint density at radius 3 is 2.67 bits per heavy atom. The summed E-state index contributed by atoms with van der Waals surface area (Å²) in [5.74, 6) is 0.352. The molecule has 3 heterocycles. The summed E-state index contributed by atoms with van der Waals surface area (Å²) in [6, 6.07) is 15.0. The molecule has 2 aliphatic heterocycles. The molecule has 30 heavy (non-hydrogen) atoms. The minimum atomic E-state index is -0.341. The van der Waals surface area contributed by atoms with E-state index in [0.29, 0.717) is 24.2 Å². The van der Waals surface area contributed by atoms with Crippen molar-refractivity contribution < 1.29 is 13.9 Å². The van der Waals surface area contributed by atoms with Crippen LogP contribution in [0.15, 0.2) is 54.7 Å². The predicted octanol–water partition coefficient (Wildman–Crippen LogP) is 4.49. The number of nitrogens with zero attached hydrogens (tertiary/aromatic N) is 2. The monoisotopic (exact) mass is 405 g/mol. The van der Waals surface area contributed by atoms with Gasteiger partial charge in [-0.1, -0.05) is 6.07 Å². The number of amides is 1. The average molecular weight is 405 g/mol. The van der Waals surface area contributed by atoms with Crippen LogP contribution in [0.4, 0.5) is 10.1 Å². The second kappa shape index (κ2) is 6.90. The molecule has 1 N–H and O–H groups in total. The lowest BCUT2D eigenvalue weighted by Crippen LogP contribution is -2.51. The van der Waals surface area contributed by atoms with Gasteiger partial charge in [0.25, 0.3) is 5.91 Å². The molecule has 1 saturated heterocycles. The summed E-state index contributed by atoms with van der Waals surface area (Å²) in [4.78, 5) is 14.8. The van der Waals surface area contributed by atoms with Crippen LogP contribution < -0.4 is 10.1 Å². The minimum absolute atomic E-state index is 0.114. The van der Waals surface area contributed by atoms with Gasteiger partial charge in [0.05, 0.1) is 24.0 Å². The fourth-order valence-corrected chi connectivity index (χ4v) is 4.64. The van der Waals surface area contributed by atoms with Crippen molar-refractivity contribution in [3.63, 3.8) is 0 Å². The number of hydrogen-bond donors (Lipinski definition) is 1. The molecule has 5 nitrogen and oxygen atoms in total. The third-order valence-corrected chi connectivity index (χ3v) is 6.40. The minimum Gasteiger partial charge on any atom is -0.497 e. The lowest BCUT2D eigenvalue weighted by atomic mass is 9.82. The first kappa shape index (κ1) is 18.7. The summed E-state index contributed by atoms with van der Waals surface area (Å²) in [5.41, 5.74) is 4.02. The zero-order valence-corrected chi connectivity index (χ0v) is 17.1. The molecule has 2 aliphatic rings. The molecule has 0 aliphatic carbocycles. The number of rotatable bonds is 2. The number of anilines is 1. The highest BCUT2D eigenvalue weighted by Crippen LogP contribution is 2.44. The summed E-state index contributed by atoms with van der Waals surface area (Å²) < 4.78 is 21.6. The summed E-state index contributed by atoms with van der Waals surface area (Å²) in [5, 5.41) is 3.75. The van der Waals surface area contributed by atoms with Gasteiger partial charge in [-0.25, -0.2) is 4.39 Å². The lowest BCUT2D eigenvalue weighted by Gasteiger charge is -2.46. The smallest absolute Gasteiger partial charge is 0.253 e. The molecule has 3 aromatic rings. The number of benzene rings is 2. The van der Waals surface area contributed by atoms with E-state index in [1.807, 2.05) is 17.0 Å². The first-order valence-corrected chi connectivity index (χ1v) is 10.2. The van der Waals surface area contributed by atoms with Crippen LogP contribution in [0.5, 0.6) is 5.75 Å². The molecule has 1 spiro atoms. The zero-order chi connectivity index (χ0) is 20.9. The molecule has 5 rings (SSSR count). The molecule has 0 radical (unpaired) electrons. The molecular weight excluding hydrogens is 381 g/mol. The van der Waals surface area contributed by atoms with Gasteiger partial charge in [0.15, 0.2) is 0 Å². The maximum Gasteiger partial charge on any atom is 0.253 e. The molecule has 1 aromatic heterocycles. The number of nitrogens with one attached hydrogen (secondary N) is 1. The van der Waals surface area contributed by atoms with Crippen LogP contribution in [0.3, 0.4) is 0 Å². The molecule has 0 saturated carbocycles. The SMILES string of the molecule is COc1ccc2c(c1)NC1(CCN(C(=O)c3ccc(C)c(F)c3)CC1)c1cccn1-2. The van der Waals surface area contributed by atoms with E-state index < -0.39 is 0 Å². The number of ether oxygens (including phenoxy) is 1. The van der Waals surface area contributed by atoms with Crippen LogP contribution >= 0.6 is 0 Å². The van der Waals surface area contributed by atoms with Gasteiger partial charge in [-0.05, 0) is 61.7 Å². The van der Waals surface area contributed by atoms with Gasteiger partial charge in [0, 0.05) is 36.6 Å². The van der Waals surface area contributed by atoms with Gasteiger partial charge in [0.2, 0.25) is 0 Å². The number of aromatic nitrogens is 1. The van der Waals surface area contributed by atoms with E-state index in [4.69, 9.17) is 4.74 Å². The van der Waals surface area contributed by atoms with Crippen LogP contribution in [-0.4, -0.2) is 35.6 Å². The Kier molecular flexibility index (Phi) is 4.31. The Labute approximate surface area is 175 Å². The maximum absolute atomic E-state index is 13.9. The molecule has 6 heteroatoms. The topological polar surface area (TPSA) is 46.5 Å². The molecule has 2 aromatic carbocycles. The Morgan fingerprint density at radius 1 is 1.13 bits per heavy atom. The zero-order valence-electron chi connectivity index (χ0n) is 17.1. The molecule has 154 valence electrons. The van der Waals surface area contributed by atoms with Gasteiger partial charge >= 0.3 is 0 Å². The summed E-state index contributed by atoms with van der Waals surface area (Å²) in [7, 11) is 1.67. The maximum atomic E-state index is 13.9. The molecule has 0 atom stereocenters. The van der Waals surface area contributed by atoms with E-state index >= 15 is 0 Å². The summed E-state index contributed by atoms with van der Waals surface area (Å²) in [6.07, 6.45) is 3.62. The van der Waals surface area contributed by atoms with E-state index in [1.54, 1.807) is 26.2 Å². The molecule has 0 unspecified atom stereocenters. The van der Waals surface area contributed by atoms with E-state index in [-0.39, 0.29) is 17.3 Å². The average Bonchev–Trinajstić information content (AvgIpc) is 3.27. The van der Waals surface area contributed by atoms with Crippen LogP contribution in [0.25, 0.3) is 5.69 Å². The van der Waals surface area contributed by atoms with E-state index in [2.05, 4.69) is 34.3 Å². The van der Waals surface area contributed by atoms with Gasteiger partial charge < -0.3 is 19.5 Å². The number of piperidine rings is 1. The molecule has 0 bridgehead atoms. The number of likely N-dealkylation sites (tertiary alicyclic amines) is 1. The molecule has 1 amide bonds. The number of halogens is 1. The van der Waals surface area contributed by atoms with Crippen molar-refractivity contribution >= 4 is 11.6 Å². The van der Waals surface area contributed by atoms with E-state index in [0.717, 1.165) is 30.0 Å². The van der Waals surface area contributed by atoms with Crippen molar-refractivity contribution in [3.05, 3.63) is 77.4 Å². The fourth-order valence-electron chi connectivity index (χ4n) is 4.64. The first-order valence-electron chi connectivity index (χ1n) is 10.2. The van der Waals surface area contributed by atoms with Crippen molar-refractivity contribution in [3.8, 4) is 11.4 Å². The normalized spacial score (nSPS) is 16.6. The number of carbonyl (C=O) groups excluding carboxylic acids is 1.